The van der Waals surface area contributed by atoms with Gasteiger partial charge in [0.2, 0.25) is 5.91 Å². The Hall–Kier alpha value is -3.02. The SMILES string of the molecule is CC(=O)Nc1ccc(CN(Cc2ccc(CN)cc2)Cc2cccnc2)cc1. The number of amides is 1. The molecule has 3 N–H and O–H groups in total. The highest BCUT2D eigenvalue weighted by Gasteiger charge is 2.09. The van der Waals surface area contributed by atoms with Crippen LogP contribution in [0.4, 0.5) is 5.69 Å². The Labute approximate surface area is 166 Å². The van der Waals surface area contributed by atoms with Crippen LogP contribution in [0.2, 0.25) is 0 Å². The van der Waals surface area contributed by atoms with Crippen molar-refractivity contribution in [3.63, 3.8) is 0 Å². The van der Waals surface area contributed by atoms with Gasteiger partial charge in [-0.3, -0.25) is 14.7 Å². The summed E-state index contributed by atoms with van der Waals surface area (Å²) in [6, 6.07) is 20.5. The van der Waals surface area contributed by atoms with Crippen molar-refractivity contribution in [1.82, 2.24) is 9.88 Å². The normalized spacial score (nSPS) is 10.8. The van der Waals surface area contributed by atoms with Crippen molar-refractivity contribution in [1.29, 1.82) is 0 Å². The first-order valence-corrected chi connectivity index (χ1v) is 9.38. The van der Waals surface area contributed by atoms with Crippen LogP contribution in [0, 0.1) is 0 Å². The lowest BCUT2D eigenvalue weighted by Gasteiger charge is -2.23. The summed E-state index contributed by atoms with van der Waals surface area (Å²) in [6.45, 7) is 4.50. The Bertz CT molecular complexity index is 877. The zero-order chi connectivity index (χ0) is 19.8. The van der Waals surface area contributed by atoms with Crippen LogP contribution in [-0.4, -0.2) is 15.8 Å². The third kappa shape index (κ3) is 6.01. The lowest BCUT2D eigenvalue weighted by atomic mass is 10.1. The molecule has 0 saturated heterocycles. The number of hydrogen-bond acceptors (Lipinski definition) is 4. The van der Waals surface area contributed by atoms with E-state index in [0.717, 1.165) is 30.9 Å². The molecule has 5 nitrogen and oxygen atoms in total. The molecule has 0 saturated carbocycles. The Morgan fingerprint density at radius 3 is 2.00 bits per heavy atom. The molecular weight excluding hydrogens is 348 g/mol. The first-order chi connectivity index (χ1) is 13.6. The third-order valence-corrected chi connectivity index (χ3v) is 4.47. The van der Waals surface area contributed by atoms with Gasteiger partial charge in [0.15, 0.2) is 0 Å². The maximum Gasteiger partial charge on any atom is 0.221 e. The number of benzene rings is 2. The van der Waals surface area contributed by atoms with E-state index in [9.17, 15) is 4.79 Å². The van der Waals surface area contributed by atoms with E-state index in [1.54, 1.807) is 6.20 Å². The van der Waals surface area contributed by atoms with Gasteiger partial charge in [0.25, 0.3) is 0 Å². The minimum Gasteiger partial charge on any atom is -0.326 e. The zero-order valence-electron chi connectivity index (χ0n) is 16.1. The topological polar surface area (TPSA) is 71.2 Å². The molecular formula is C23H26N4O. The Kier molecular flexibility index (Phi) is 6.89. The summed E-state index contributed by atoms with van der Waals surface area (Å²) >= 11 is 0. The summed E-state index contributed by atoms with van der Waals surface area (Å²) in [5.41, 5.74) is 11.3. The molecule has 1 amide bonds. The van der Waals surface area contributed by atoms with Crippen molar-refractivity contribution < 1.29 is 4.79 Å². The largest absolute Gasteiger partial charge is 0.326 e. The van der Waals surface area contributed by atoms with E-state index in [4.69, 9.17) is 5.73 Å². The number of aromatic nitrogens is 1. The van der Waals surface area contributed by atoms with Gasteiger partial charge in [-0.15, -0.1) is 0 Å². The minimum absolute atomic E-state index is 0.0631. The lowest BCUT2D eigenvalue weighted by molar-refractivity contribution is -0.114. The van der Waals surface area contributed by atoms with Gasteiger partial charge < -0.3 is 11.1 Å². The van der Waals surface area contributed by atoms with Crippen LogP contribution < -0.4 is 11.1 Å². The number of pyridine rings is 1. The second kappa shape index (κ2) is 9.78. The van der Waals surface area contributed by atoms with Crippen LogP contribution in [0.1, 0.15) is 29.2 Å². The minimum atomic E-state index is -0.0631. The van der Waals surface area contributed by atoms with Crippen molar-refractivity contribution in [3.05, 3.63) is 95.3 Å². The molecule has 0 radical (unpaired) electrons. The summed E-state index contributed by atoms with van der Waals surface area (Å²) in [6.07, 6.45) is 3.70. The summed E-state index contributed by atoms with van der Waals surface area (Å²) in [4.78, 5) is 17.8. The molecule has 1 aromatic heterocycles. The monoisotopic (exact) mass is 374 g/mol. The molecule has 0 aliphatic carbocycles. The summed E-state index contributed by atoms with van der Waals surface area (Å²) in [5.74, 6) is -0.0631. The van der Waals surface area contributed by atoms with Gasteiger partial charge in [-0.25, -0.2) is 0 Å². The van der Waals surface area contributed by atoms with Crippen LogP contribution in [-0.2, 0) is 31.0 Å². The molecule has 3 rings (SSSR count). The van der Waals surface area contributed by atoms with Gasteiger partial charge in [-0.05, 0) is 40.5 Å². The predicted molar refractivity (Wildman–Crippen MR) is 112 cm³/mol. The maximum atomic E-state index is 11.2. The number of carbonyl (C=O) groups excluding carboxylic acids is 1. The smallest absolute Gasteiger partial charge is 0.221 e. The molecule has 5 heteroatoms. The van der Waals surface area contributed by atoms with E-state index in [2.05, 4.69) is 57.7 Å². The lowest BCUT2D eigenvalue weighted by Crippen LogP contribution is -2.22. The fraction of sp³-hybridized carbons (Fsp3) is 0.217. The number of hydrogen-bond donors (Lipinski definition) is 2. The Morgan fingerprint density at radius 1 is 0.893 bits per heavy atom. The predicted octanol–water partition coefficient (Wildman–Crippen LogP) is 3.70. The number of rotatable bonds is 8. The molecule has 0 bridgehead atoms. The zero-order valence-corrected chi connectivity index (χ0v) is 16.1. The fourth-order valence-electron chi connectivity index (χ4n) is 3.11. The van der Waals surface area contributed by atoms with Gasteiger partial charge in [-0.1, -0.05) is 42.5 Å². The molecule has 28 heavy (non-hydrogen) atoms. The summed E-state index contributed by atoms with van der Waals surface area (Å²) < 4.78 is 0. The van der Waals surface area contributed by atoms with Crippen molar-refractivity contribution in [3.8, 4) is 0 Å². The van der Waals surface area contributed by atoms with E-state index in [-0.39, 0.29) is 5.91 Å². The number of nitrogens with one attached hydrogen (secondary N) is 1. The van der Waals surface area contributed by atoms with Crippen molar-refractivity contribution >= 4 is 11.6 Å². The van der Waals surface area contributed by atoms with Gasteiger partial charge >= 0.3 is 0 Å². The fourth-order valence-corrected chi connectivity index (χ4v) is 3.11. The first-order valence-electron chi connectivity index (χ1n) is 9.38. The number of carbonyl (C=O) groups is 1. The van der Waals surface area contributed by atoms with E-state index >= 15 is 0 Å². The van der Waals surface area contributed by atoms with Gasteiger partial charge in [0.05, 0.1) is 0 Å². The highest BCUT2D eigenvalue weighted by Crippen LogP contribution is 2.16. The maximum absolute atomic E-state index is 11.2. The molecule has 0 atom stereocenters. The quantitative estimate of drug-likeness (QED) is 0.631. The number of nitrogens with zero attached hydrogens (tertiary/aromatic N) is 2. The van der Waals surface area contributed by atoms with Crippen LogP contribution in [0.15, 0.2) is 73.1 Å². The van der Waals surface area contributed by atoms with Gasteiger partial charge in [-0.2, -0.15) is 0 Å². The second-order valence-electron chi connectivity index (χ2n) is 6.91. The molecule has 2 aromatic carbocycles. The van der Waals surface area contributed by atoms with Crippen molar-refractivity contribution in [2.45, 2.75) is 33.1 Å². The van der Waals surface area contributed by atoms with E-state index in [1.165, 1.54) is 23.6 Å². The molecule has 0 aliphatic rings. The number of nitrogens with two attached hydrogens (primary N) is 1. The molecule has 3 aromatic rings. The van der Waals surface area contributed by atoms with Crippen molar-refractivity contribution in [2.75, 3.05) is 5.32 Å². The van der Waals surface area contributed by atoms with Crippen LogP contribution in [0.25, 0.3) is 0 Å². The van der Waals surface area contributed by atoms with Gasteiger partial charge in [0, 0.05) is 51.2 Å². The van der Waals surface area contributed by atoms with Gasteiger partial charge in [0.1, 0.15) is 0 Å². The standard InChI is InChI=1S/C23H26N4O/c1-18(28)26-23-10-8-21(9-11-23)16-27(17-22-3-2-12-25-14-22)15-20-6-4-19(13-24)5-7-20/h2-12,14H,13,15-17,24H2,1H3,(H,26,28). The molecule has 0 aliphatic heterocycles. The molecule has 0 fully saturated rings. The third-order valence-electron chi connectivity index (χ3n) is 4.47. The first kappa shape index (κ1) is 19.7. The highest BCUT2D eigenvalue weighted by molar-refractivity contribution is 5.88. The second-order valence-corrected chi connectivity index (χ2v) is 6.91. The van der Waals surface area contributed by atoms with Crippen LogP contribution in [0.5, 0.6) is 0 Å². The average Bonchev–Trinajstić information content (AvgIpc) is 2.70. The van der Waals surface area contributed by atoms with E-state index < -0.39 is 0 Å². The van der Waals surface area contributed by atoms with Crippen molar-refractivity contribution in [2.24, 2.45) is 5.73 Å². The van der Waals surface area contributed by atoms with Crippen LogP contribution >= 0.6 is 0 Å². The average molecular weight is 374 g/mol. The highest BCUT2D eigenvalue weighted by atomic mass is 16.1. The summed E-state index contributed by atoms with van der Waals surface area (Å²) in [7, 11) is 0. The van der Waals surface area contributed by atoms with E-state index in [0.29, 0.717) is 6.54 Å². The Morgan fingerprint density at radius 2 is 1.46 bits per heavy atom. The molecule has 0 spiro atoms. The Balaban J connectivity index is 1.73. The summed E-state index contributed by atoms with van der Waals surface area (Å²) in [5, 5.41) is 2.80. The number of anilines is 1. The molecule has 1 heterocycles. The molecule has 0 unspecified atom stereocenters. The van der Waals surface area contributed by atoms with E-state index in [1.807, 2.05) is 24.4 Å². The van der Waals surface area contributed by atoms with Crippen LogP contribution in [0.3, 0.4) is 0 Å². The molecule has 144 valence electrons.